The Bertz CT molecular complexity index is 1020. The SMILES string of the molecule is CC(C)CC(NC(=O)CNC(=O)C(N)C(C)C)C(=O)NC(Cc1c[nH]c2ccccc12)C(=O)O. The summed E-state index contributed by atoms with van der Waals surface area (Å²) in [6, 6.07) is 4.61. The second-order valence-electron chi connectivity index (χ2n) is 9.20. The molecule has 186 valence electrons. The summed E-state index contributed by atoms with van der Waals surface area (Å²) >= 11 is 0. The maximum Gasteiger partial charge on any atom is 0.326 e. The summed E-state index contributed by atoms with van der Waals surface area (Å²) in [7, 11) is 0. The van der Waals surface area contributed by atoms with Crippen LogP contribution in [0.15, 0.2) is 30.5 Å². The number of carbonyl (C=O) groups is 4. The van der Waals surface area contributed by atoms with Crippen molar-refractivity contribution in [3.8, 4) is 0 Å². The van der Waals surface area contributed by atoms with Crippen LogP contribution in [0.5, 0.6) is 0 Å². The van der Waals surface area contributed by atoms with E-state index in [9.17, 15) is 24.3 Å². The molecule has 10 nitrogen and oxygen atoms in total. The monoisotopic (exact) mass is 473 g/mol. The Kier molecular flexibility index (Phi) is 9.61. The Morgan fingerprint density at radius 3 is 2.29 bits per heavy atom. The van der Waals surface area contributed by atoms with Crippen LogP contribution in [0, 0.1) is 11.8 Å². The minimum Gasteiger partial charge on any atom is -0.480 e. The first-order valence-corrected chi connectivity index (χ1v) is 11.4. The topological polar surface area (TPSA) is 166 Å². The fraction of sp³-hybridized carbons (Fsp3) is 0.500. The molecule has 0 fully saturated rings. The van der Waals surface area contributed by atoms with Gasteiger partial charge in [-0.15, -0.1) is 0 Å². The van der Waals surface area contributed by atoms with Crippen LogP contribution >= 0.6 is 0 Å². The molecule has 34 heavy (non-hydrogen) atoms. The van der Waals surface area contributed by atoms with E-state index in [4.69, 9.17) is 5.73 Å². The molecule has 1 aromatic heterocycles. The second-order valence-corrected chi connectivity index (χ2v) is 9.20. The van der Waals surface area contributed by atoms with Crippen LogP contribution in [0.3, 0.4) is 0 Å². The lowest BCUT2D eigenvalue weighted by atomic mass is 10.0. The van der Waals surface area contributed by atoms with E-state index in [1.54, 1.807) is 20.0 Å². The van der Waals surface area contributed by atoms with Crippen molar-refractivity contribution in [3.05, 3.63) is 36.0 Å². The second kappa shape index (κ2) is 12.2. The Hall–Kier alpha value is -3.40. The number of carboxylic acid groups (broad SMARTS) is 1. The fourth-order valence-corrected chi connectivity index (χ4v) is 3.53. The lowest BCUT2D eigenvalue weighted by Gasteiger charge is -2.23. The van der Waals surface area contributed by atoms with Crippen molar-refractivity contribution < 1.29 is 24.3 Å². The molecule has 10 heteroatoms. The molecule has 0 aliphatic rings. The van der Waals surface area contributed by atoms with Gasteiger partial charge in [0.2, 0.25) is 17.7 Å². The van der Waals surface area contributed by atoms with Gasteiger partial charge in [0.25, 0.3) is 0 Å². The number of para-hydroxylation sites is 1. The summed E-state index contributed by atoms with van der Waals surface area (Å²) in [5, 5.41) is 18.2. The highest BCUT2D eigenvalue weighted by molar-refractivity contribution is 5.93. The van der Waals surface area contributed by atoms with Crippen LogP contribution in [0.4, 0.5) is 0 Å². The Morgan fingerprint density at radius 1 is 1.00 bits per heavy atom. The number of aromatic nitrogens is 1. The average molecular weight is 474 g/mol. The molecule has 0 bridgehead atoms. The van der Waals surface area contributed by atoms with Gasteiger partial charge in [-0.3, -0.25) is 14.4 Å². The summed E-state index contributed by atoms with van der Waals surface area (Å²) in [5.74, 6) is -2.83. The number of amides is 3. The summed E-state index contributed by atoms with van der Waals surface area (Å²) in [6.45, 7) is 7.02. The van der Waals surface area contributed by atoms with Crippen LogP contribution in [-0.2, 0) is 25.6 Å². The van der Waals surface area contributed by atoms with Gasteiger partial charge in [-0.2, -0.15) is 0 Å². The molecule has 2 aromatic rings. The van der Waals surface area contributed by atoms with E-state index in [1.807, 2.05) is 38.1 Å². The van der Waals surface area contributed by atoms with E-state index in [-0.39, 0.29) is 24.8 Å². The number of rotatable bonds is 12. The molecule has 0 aliphatic heterocycles. The van der Waals surface area contributed by atoms with Crippen LogP contribution in [0.1, 0.15) is 39.7 Å². The summed E-state index contributed by atoms with van der Waals surface area (Å²) < 4.78 is 0. The average Bonchev–Trinajstić information content (AvgIpc) is 3.18. The van der Waals surface area contributed by atoms with Gasteiger partial charge < -0.3 is 31.8 Å². The van der Waals surface area contributed by atoms with E-state index >= 15 is 0 Å². The number of nitrogens with one attached hydrogen (secondary N) is 4. The molecule has 1 heterocycles. The molecule has 3 atom stereocenters. The van der Waals surface area contributed by atoms with Crippen LogP contribution < -0.4 is 21.7 Å². The molecule has 3 amide bonds. The molecular weight excluding hydrogens is 438 g/mol. The van der Waals surface area contributed by atoms with Crippen molar-refractivity contribution in [2.24, 2.45) is 17.6 Å². The van der Waals surface area contributed by atoms with Crippen LogP contribution in [-0.4, -0.2) is 58.5 Å². The maximum atomic E-state index is 13.0. The molecular formula is C24H35N5O5. The quantitative estimate of drug-likeness (QED) is 0.268. The first kappa shape index (κ1) is 26.8. The lowest BCUT2D eigenvalue weighted by molar-refractivity contribution is -0.142. The van der Waals surface area contributed by atoms with Crippen molar-refractivity contribution >= 4 is 34.6 Å². The third-order valence-electron chi connectivity index (χ3n) is 5.52. The minimum atomic E-state index is -1.18. The molecule has 2 rings (SSSR count). The number of carbonyl (C=O) groups excluding carboxylic acids is 3. The fourth-order valence-electron chi connectivity index (χ4n) is 3.53. The standard InChI is InChI=1S/C24H35N5O5/c1-13(2)9-18(28-20(30)12-27-23(32)21(25)14(3)4)22(31)29-19(24(33)34)10-15-11-26-17-8-6-5-7-16(15)17/h5-8,11,13-14,18-19,21,26H,9-10,12,25H2,1-4H3,(H,27,32)(H,28,30)(H,29,31)(H,33,34). The molecule has 0 aliphatic carbocycles. The number of hydrogen-bond acceptors (Lipinski definition) is 5. The van der Waals surface area contributed by atoms with Crippen molar-refractivity contribution in [2.45, 2.75) is 58.7 Å². The highest BCUT2D eigenvalue weighted by Gasteiger charge is 2.28. The predicted octanol–water partition coefficient (Wildman–Crippen LogP) is 0.910. The predicted molar refractivity (Wildman–Crippen MR) is 129 cm³/mol. The largest absolute Gasteiger partial charge is 0.480 e. The summed E-state index contributed by atoms with van der Waals surface area (Å²) in [5.41, 5.74) is 7.40. The van der Waals surface area contributed by atoms with Gasteiger partial charge in [0.05, 0.1) is 12.6 Å². The number of benzene rings is 1. The van der Waals surface area contributed by atoms with Gasteiger partial charge in [0.15, 0.2) is 0 Å². The molecule has 0 saturated carbocycles. The lowest BCUT2D eigenvalue weighted by Crippen LogP contribution is -2.54. The van der Waals surface area contributed by atoms with Gasteiger partial charge in [-0.05, 0) is 29.9 Å². The van der Waals surface area contributed by atoms with E-state index in [1.165, 1.54) is 0 Å². The van der Waals surface area contributed by atoms with E-state index in [0.29, 0.717) is 6.42 Å². The number of fused-ring (bicyclic) bond motifs is 1. The van der Waals surface area contributed by atoms with E-state index in [2.05, 4.69) is 20.9 Å². The zero-order valence-corrected chi connectivity index (χ0v) is 20.1. The number of carboxylic acids is 1. The Labute approximate surface area is 199 Å². The van der Waals surface area contributed by atoms with Gasteiger partial charge in [0.1, 0.15) is 12.1 Å². The van der Waals surface area contributed by atoms with Gasteiger partial charge >= 0.3 is 5.97 Å². The van der Waals surface area contributed by atoms with Gasteiger partial charge in [-0.25, -0.2) is 4.79 Å². The highest BCUT2D eigenvalue weighted by atomic mass is 16.4. The van der Waals surface area contributed by atoms with E-state index in [0.717, 1.165) is 16.5 Å². The summed E-state index contributed by atoms with van der Waals surface area (Å²) in [4.78, 5) is 52.3. The van der Waals surface area contributed by atoms with Gasteiger partial charge in [0, 0.05) is 23.5 Å². The maximum absolute atomic E-state index is 13.0. The molecule has 0 saturated heterocycles. The third-order valence-corrected chi connectivity index (χ3v) is 5.52. The number of H-pyrrole nitrogens is 1. The Morgan fingerprint density at radius 2 is 1.68 bits per heavy atom. The van der Waals surface area contributed by atoms with Crippen molar-refractivity contribution in [3.63, 3.8) is 0 Å². The number of aliphatic carboxylic acids is 1. The Balaban J connectivity index is 2.05. The zero-order valence-electron chi connectivity index (χ0n) is 20.1. The molecule has 0 radical (unpaired) electrons. The first-order chi connectivity index (χ1) is 16.0. The first-order valence-electron chi connectivity index (χ1n) is 11.4. The third kappa shape index (κ3) is 7.58. The molecule has 3 unspecified atom stereocenters. The normalized spacial score (nSPS) is 14.0. The van der Waals surface area contributed by atoms with Crippen LogP contribution in [0.25, 0.3) is 10.9 Å². The molecule has 1 aromatic carbocycles. The van der Waals surface area contributed by atoms with Crippen molar-refractivity contribution in [1.82, 2.24) is 20.9 Å². The molecule has 0 spiro atoms. The number of nitrogens with two attached hydrogens (primary N) is 1. The zero-order chi connectivity index (χ0) is 25.4. The van der Waals surface area contributed by atoms with Gasteiger partial charge in [-0.1, -0.05) is 45.9 Å². The van der Waals surface area contributed by atoms with Crippen molar-refractivity contribution in [2.75, 3.05) is 6.54 Å². The highest BCUT2D eigenvalue weighted by Crippen LogP contribution is 2.19. The van der Waals surface area contributed by atoms with Crippen molar-refractivity contribution in [1.29, 1.82) is 0 Å². The van der Waals surface area contributed by atoms with Crippen LogP contribution in [0.2, 0.25) is 0 Å². The molecule has 7 N–H and O–H groups in total. The smallest absolute Gasteiger partial charge is 0.326 e. The minimum absolute atomic E-state index is 0.0527. The summed E-state index contributed by atoms with van der Waals surface area (Å²) in [6.07, 6.45) is 2.11. The number of hydrogen-bond donors (Lipinski definition) is 6. The number of aromatic amines is 1. The van der Waals surface area contributed by atoms with E-state index < -0.39 is 41.8 Å².